The van der Waals surface area contributed by atoms with Crippen molar-refractivity contribution in [1.82, 2.24) is 9.80 Å². The van der Waals surface area contributed by atoms with Gasteiger partial charge in [0, 0.05) is 6.04 Å². The molecule has 6 heteroatoms. The molecule has 1 aliphatic heterocycles. The fraction of sp³-hybridized carbons (Fsp3) is 0.529. The Hall–Kier alpha value is -2.24. The Morgan fingerprint density at radius 1 is 1.13 bits per heavy atom. The van der Waals surface area contributed by atoms with Gasteiger partial charge in [-0.05, 0) is 38.0 Å². The molecular weight excluding hydrogens is 296 g/mol. The quantitative estimate of drug-likeness (QED) is 0.756. The zero-order chi connectivity index (χ0) is 17.1. The number of methoxy groups -OCH3 is 2. The number of nitrogens with zero attached hydrogens (tertiary/aromatic N) is 2. The van der Waals surface area contributed by atoms with E-state index in [1.54, 1.807) is 25.2 Å². The van der Waals surface area contributed by atoms with Crippen LogP contribution in [0.4, 0.5) is 4.79 Å². The molecule has 126 valence electrons. The van der Waals surface area contributed by atoms with Gasteiger partial charge in [0.15, 0.2) is 11.5 Å². The van der Waals surface area contributed by atoms with Gasteiger partial charge in [-0.25, -0.2) is 4.79 Å². The number of hydrogen-bond acceptors (Lipinski definition) is 4. The van der Waals surface area contributed by atoms with Gasteiger partial charge in [-0.15, -0.1) is 0 Å². The van der Waals surface area contributed by atoms with Crippen LogP contribution < -0.4 is 9.47 Å². The molecule has 1 saturated heterocycles. The number of carbonyl (C=O) groups is 2. The van der Waals surface area contributed by atoms with Crippen molar-refractivity contribution in [2.75, 3.05) is 20.8 Å². The van der Waals surface area contributed by atoms with Gasteiger partial charge in [0.05, 0.1) is 20.3 Å². The highest BCUT2D eigenvalue weighted by Gasteiger charge is 2.41. The summed E-state index contributed by atoms with van der Waals surface area (Å²) >= 11 is 0. The fourth-order valence-electron chi connectivity index (χ4n) is 2.87. The summed E-state index contributed by atoms with van der Waals surface area (Å²) in [6.45, 7) is 5.92. The van der Waals surface area contributed by atoms with Gasteiger partial charge < -0.3 is 14.4 Å². The molecular formula is C17H24N2O4. The van der Waals surface area contributed by atoms with E-state index in [1.165, 1.54) is 4.90 Å². The minimum atomic E-state index is -0.307. The van der Waals surface area contributed by atoms with E-state index in [4.69, 9.17) is 9.47 Å². The molecule has 1 fully saturated rings. The molecule has 1 heterocycles. The second-order valence-corrected chi connectivity index (χ2v) is 5.81. The second-order valence-electron chi connectivity index (χ2n) is 5.81. The van der Waals surface area contributed by atoms with Crippen molar-refractivity contribution in [2.24, 2.45) is 0 Å². The Labute approximate surface area is 137 Å². The van der Waals surface area contributed by atoms with E-state index in [0.29, 0.717) is 17.9 Å². The zero-order valence-electron chi connectivity index (χ0n) is 14.3. The van der Waals surface area contributed by atoms with Crippen LogP contribution in [0.1, 0.15) is 38.8 Å². The normalized spacial score (nSPS) is 16.3. The first-order chi connectivity index (χ1) is 10.9. The third-order valence-corrected chi connectivity index (χ3v) is 4.14. The molecule has 1 unspecified atom stereocenters. The topological polar surface area (TPSA) is 59.1 Å². The predicted molar refractivity (Wildman–Crippen MR) is 86.7 cm³/mol. The highest BCUT2D eigenvalue weighted by atomic mass is 16.5. The minimum Gasteiger partial charge on any atom is -0.493 e. The third-order valence-electron chi connectivity index (χ3n) is 4.14. The molecule has 0 bridgehead atoms. The van der Waals surface area contributed by atoms with E-state index in [0.717, 1.165) is 5.56 Å². The molecule has 6 nitrogen and oxygen atoms in total. The van der Waals surface area contributed by atoms with Crippen molar-refractivity contribution in [1.29, 1.82) is 0 Å². The fourth-order valence-corrected chi connectivity index (χ4v) is 2.87. The Balaban J connectivity index is 2.36. The van der Waals surface area contributed by atoms with Gasteiger partial charge in [-0.3, -0.25) is 9.69 Å². The van der Waals surface area contributed by atoms with E-state index in [1.807, 2.05) is 32.9 Å². The maximum atomic E-state index is 12.6. The first-order valence-corrected chi connectivity index (χ1v) is 7.79. The number of urea groups is 1. The van der Waals surface area contributed by atoms with E-state index in [2.05, 4.69) is 0 Å². The molecule has 0 aliphatic carbocycles. The summed E-state index contributed by atoms with van der Waals surface area (Å²) in [5.41, 5.74) is 0.859. The lowest BCUT2D eigenvalue weighted by molar-refractivity contribution is -0.127. The van der Waals surface area contributed by atoms with Crippen LogP contribution >= 0.6 is 0 Å². The van der Waals surface area contributed by atoms with Crippen molar-refractivity contribution in [3.8, 4) is 11.5 Å². The summed E-state index contributed by atoms with van der Waals surface area (Å²) in [4.78, 5) is 27.9. The Morgan fingerprint density at radius 3 is 2.26 bits per heavy atom. The molecule has 23 heavy (non-hydrogen) atoms. The molecule has 2 rings (SSSR count). The number of carbonyl (C=O) groups excluding carboxylic acids is 2. The Kier molecular flexibility index (Phi) is 5.13. The van der Waals surface area contributed by atoms with E-state index in [9.17, 15) is 9.59 Å². The van der Waals surface area contributed by atoms with E-state index in [-0.39, 0.29) is 30.6 Å². The van der Waals surface area contributed by atoms with Crippen LogP contribution in [0.3, 0.4) is 0 Å². The van der Waals surface area contributed by atoms with Crippen LogP contribution in [0.25, 0.3) is 0 Å². The van der Waals surface area contributed by atoms with Crippen LogP contribution in [0, 0.1) is 0 Å². The average Bonchev–Trinajstić information content (AvgIpc) is 2.84. The number of benzene rings is 1. The van der Waals surface area contributed by atoms with Gasteiger partial charge in [0.25, 0.3) is 5.91 Å². The lowest BCUT2D eigenvalue weighted by Gasteiger charge is -2.27. The molecule has 0 spiro atoms. The molecule has 1 aromatic carbocycles. The third kappa shape index (κ3) is 3.11. The molecule has 1 aromatic rings. The van der Waals surface area contributed by atoms with Gasteiger partial charge in [0.1, 0.15) is 6.54 Å². The summed E-state index contributed by atoms with van der Waals surface area (Å²) in [5.74, 6) is 1.04. The number of amides is 3. The standard InChI is InChI=1S/C17H24N2O4/c1-6-13(12-7-8-14(22-4)15(9-12)23-5)19-16(20)10-18(11(2)3)17(19)21/h7-9,11,13H,6,10H2,1-5H3. The van der Waals surface area contributed by atoms with Crippen LogP contribution in [-0.4, -0.2) is 48.5 Å². The molecule has 0 aromatic heterocycles. The first-order valence-electron chi connectivity index (χ1n) is 7.79. The molecule has 1 atom stereocenters. The monoisotopic (exact) mass is 320 g/mol. The van der Waals surface area contributed by atoms with Crippen molar-refractivity contribution in [3.63, 3.8) is 0 Å². The number of hydrogen-bond donors (Lipinski definition) is 0. The van der Waals surface area contributed by atoms with Crippen LogP contribution in [0.5, 0.6) is 11.5 Å². The predicted octanol–water partition coefficient (Wildman–Crippen LogP) is 2.83. The van der Waals surface area contributed by atoms with Crippen LogP contribution in [0.2, 0.25) is 0 Å². The van der Waals surface area contributed by atoms with Crippen LogP contribution in [0.15, 0.2) is 18.2 Å². The zero-order valence-corrected chi connectivity index (χ0v) is 14.3. The molecule has 0 saturated carbocycles. The summed E-state index contributed by atoms with van der Waals surface area (Å²) in [6, 6.07) is 4.95. The smallest absolute Gasteiger partial charge is 0.328 e. The minimum absolute atomic E-state index is 0.000593. The average molecular weight is 320 g/mol. The molecule has 0 radical (unpaired) electrons. The maximum Gasteiger partial charge on any atom is 0.328 e. The van der Waals surface area contributed by atoms with Gasteiger partial charge in [0.2, 0.25) is 0 Å². The molecule has 0 N–H and O–H groups in total. The summed E-state index contributed by atoms with van der Waals surface area (Å²) in [7, 11) is 3.14. The van der Waals surface area contributed by atoms with Crippen LogP contribution in [-0.2, 0) is 4.79 Å². The van der Waals surface area contributed by atoms with E-state index < -0.39 is 0 Å². The van der Waals surface area contributed by atoms with Gasteiger partial charge >= 0.3 is 6.03 Å². The van der Waals surface area contributed by atoms with E-state index >= 15 is 0 Å². The number of rotatable bonds is 6. The summed E-state index contributed by atoms with van der Waals surface area (Å²) < 4.78 is 10.6. The Bertz CT molecular complexity index is 600. The first kappa shape index (κ1) is 17.1. The lowest BCUT2D eigenvalue weighted by atomic mass is 10.0. The molecule has 3 amide bonds. The van der Waals surface area contributed by atoms with Crippen molar-refractivity contribution < 1.29 is 19.1 Å². The largest absolute Gasteiger partial charge is 0.493 e. The highest BCUT2D eigenvalue weighted by molar-refractivity contribution is 6.02. The molecule has 1 aliphatic rings. The summed E-state index contributed by atoms with van der Waals surface area (Å²) in [5, 5.41) is 0. The van der Waals surface area contributed by atoms with Gasteiger partial charge in [-0.1, -0.05) is 13.0 Å². The van der Waals surface area contributed by atoms with Crippen molar-refractivity contribution in [2.45, 2.75) is 39.3 Å². The van der Waals surface area contributed by atoms with Gasteiger partial charge in [-0.2, -0.15) is 0 Å². The van der Waals surface area contributed by atoms with Crippen molar-refractivity contribution >= 4 is 11.9 Å². The number of imide groups is 1. The Morgan fingerprint density at radius 2 is 1.78 bits per heavy atom. The lowest BCUT2D eigenvalue weighted by Crippen LogP contribution is -2.38. The second kappa shape index (κ2) is 6.89. The maximum absolute atomic E-state index is 12.6. The highest BCUT2D eigenvalue weighted by Crippen LogP contribution is 2.35. The SMILES string of the molecule is CCC(c1ccc(OC)c(OC)c1)N1C(=O)CN(C(C)C)C1=O. The number of ether oxygens (including phenoxy) is 2. The van der Waals surface area contributed by atoms with Crippen molar-refractivity contribution in [3.05, 3.63) is 23.8 Å². The summed E-state index contributed by atoms with van der Waals surface area (Å²) in [6.07, 6.45) is 0.638.